The number of halogens is 1. The lowest BCUT2D eigenvalue weighted by Gasteiger charge is -2.26. The van der Waals surface area contributed by atoms with Gasteiger partial charge in [-0.15, -0.1) is 11.6 Å². The van der Waals surface area contributed by atoms with E-state index in [1.54, 1.807) is 84.1 Å². The number of benzene rings is 4. The molecule has 2 aromatic heterocycles. The van der Waals surface area contributed by atoms with Crippen LogP contribution in [0.5, 0.6) is 11.5 Å². The monoisotopic (exact) mass is 1330 g/mol. The highest BCUT2D eigenvalue weighted by molar-refractivity contribution is 6.19. The highest BCUT2D eigenvalue weighted by atomic mass is 35.5. The lowest BCUT2D eigenvalue weighted by molar-refractivity contribution is -0.137. The molecule has 502 valence electrons. The Kier molecular flexibility index (Phi) is 24.3. The molecule has 0 spiro atoms. The van der Waals surface area contributed by atoms with Crippen LogP contribution < -0.4 is 42.4 Å². The number of imide groups is 1. The van der Waals surface area contributed by atoms with Crippen LogP contribution in [0.15, 0.2) is 109 Å². The second-order valence-electron chi connectivity index (χ2n) is 23.0. The van der Waals surface area contributed by atoms with Gasteiger partial charge in [0.25, 0.3) is 23.6 Å². The van der Waals surface area contributed by atoms with Crippen LogP contribution in [0.1, 0.15) is 89.4 Å². The first kappa shape index (κ1) is 70.3. The number of phenols is 1. The van der Waals surface area contributed by atoms with E-state index in [0.29, 0.717) is 39.2 Å². The van der Waals surface area contributed by atoms with E-state index in [-0.39, 0.29) is 127 Å². The number of fused-ring (bicyclic) bond motifs is 4. The number of nitrogens with two attached hydrogens (primary N) is 2. The standard InChI is InChI=1S/C66H75ClN12O16/c1-39(2)59(74-64(89)93-31-30-92-29-28-78-55(83)22-23-56(78)84)51(81)32-43(9-6-24-70-63(69)88)61(86)71-45-16-12-41(13-17-45)38-94-65(90)75(4)26-27-76(25-7-11-53(68)82)66(91)95-52-33-50-58(57-40(3)8-5-10-48(52)57)44(34-67)35-79(50)62(87)49-37-77-36-46(18-21-54(77)73-49)72-60(85)42-14-19-47(80)20-15-42/h5,8,10,12-23,33,36-37,39,43-44,59,80H,6-7,9,11,24-32,34-35,38H2,1-4H3,(H2,68,82)(H,71,86)(H,72,85)(H,74,89)(H3,69,70,88)/t43-,44-,59+/m1/s1. The van der Waals surface area contributed by atoms with E-state index in [0.717, 1.165) is 33.6 Å². The number of nitrogens with zero attached hydrogens (tertiary/aromatic N) is 6. The third-order valence-corrected chi connectivity index (χ3v) is 16.2. The summed E-state index contributed by atoms with van der Waals surface area (Å²) in [6, 6.07) is 20.8. The minimum absolute atomic E-state index is 0.00906. The summed E-state index contributed by atoms with van der Waals surface area (Å²) in [4.78, 5) is 152. The topological polar surface area (TPSA) is 375 Å². The normalized spacial score (nSPS) is 13.9. The van der Waals surface area contributed by atoms with Crippen molar-refractivity contribution in [2.75, 3.05) is 87.6 Å². The number of primary amides is 2. The molecule has 6 aromatic rings. The molecule has 4 aromatic carbocycles. The smallest absolute Gasteiger partial charge is 0.415 e. The first-order valence-electron chi connectivity index (χ1n) is 30.6. The molecule has 0 saturated heterocycles. The van der Waals surface area contributed by atoms with Crippen molar-refractivity contribution in [2.24, 2.45) is 23.3 Å². The summed E-state index contributed by atoms with van der Waals surface area (Å²) in [5.41, 5.74) is 14.9. The predicted molar refractivity (Wildman–Crippen MR) is 349 cm³/mol. The molecule has 11 amide bonds. The molecular weight excluding hydrogens is 1250 g/mol. The number of phenolic OH excluding ortho intramolecular Hbond substituents is 1. The first-order valence-corrected chi connectivity index (χ1v) is 31.2. The number of hydrogen-bond acceptors (Lipinski definition) is 17. The van der Waals surface area contributed by atoms with E-state index in [2.05, 4.69) is 26.3 Å². The van der Waals surface area contributed by atoms with Gasteiger partial charge in [0.2, 0.25) is 11.8 Å². The van der Waals surface area contributed by atoms with E-state index in [1.165, 1.54) is 41.1 Å². The molecule has 95 heavy (non-hydrogen) atoms. The Balaban J connectivity index is 0.869. The molecule has 0 radical (unpaired) electrons. The second-order valence-corrected chi connectivity index (χ2v) is 23.4. The summed E-state index contributed by atoms with van der Waals surface area (Å²) in [5, 5.41) is 21.6. The van der Waals surface area contributed by atoms with E-state index in [1.807, 2.05) is 19.1 Å². The highest BCUT2D eigenvalue weighted by Gasteiger charge is 2.38. The van der Waals surface area contributed by atoms with Crippen molar-refractivity contribution in [3.05, 3.63) is 137 Å². The zero-order valence-corrected chi connectivity index (χ0v) is 53.6. The van der Waals surface area contributed by atoms with Gasteiger partial charge in [0.15, 0.2) is 5.78 Å². The number of urea groups is 1. The van der Waals surface area contributed by atoms with E-state index >= 15 is 0 Å². The number of ether oxygens (including phenoxy) is 4. The van der Waals surface area contributed by atoms with Gasteiger partial charge in [-0.05, 0) is 103 Å². The number of aryl methyl sites for hydroxylation is 1. The Labute approximate surface area is 551 Å². The number of hydrogen-bond donors (Lipinski definition) is 7. The van der Waals surface area contributed by atoms with Crippen LogP contribution in [0.25, 0.3) is 16.4 Å². The van der Waals surface area contributed by atoms with Crippen molar-refractivity contribution in [1.82, 2.24) is 34.7 Å². The lowest BCUT2D eigenvalue weighted by atomic mass is 9.89. The Hall–Kier alpha value is -10.6. The summed E-state index contributed by atoms with van der Waals surface area (Å²) in [6.45, 7) is 5.12. The fourth-order valence-corrected chi connectivity index (χ4v) is 11.1. The fraction of sp³-hybridized carbons (Fsp3) is 0.364. The van der Waals surface area contributed by atoms with Gasteiger partial charge in [0.05, 0.1) is 37.2 Å². The van der Waals surface area contributed by atoms with E-state index in [9.17, 15) is 57.8 Å². The van der Waals surface area contributed by atoms with Gasteiger partial charge in [-0.25, -0.2) is 24.2 Å². The molecule has 0 saturated carbocycles. The van der Waals surface area contributed by atoms with Crippen molar-refractivity contribution in [2.45, 2.75) is 71.4 Å². The molecule has 29 heteroatoms. The molecule has 2 aliphatic rings. The Morgan fingerprint density at radius 3 is 2.24 bits per heavy atom. The number of Topliss-reactive ketones (excluding diaryl/α,β-unsaturated/α-hetero) is 1. The number of carbonyl (C=O) groups is 11. The SMILES string of the molecule is Cc1cccc2c(OC(=O)N(CCCC(N)=O)CCN(C)C(=O)OCc3ccc(NC(=O)[C@H](CCCNC(N)=O)CC(=O)[C@@H](NC(=O)OCCOCCN4C(=O)C=CC4=O)C(C)C)cc3)cc3c(c12)[C@H](CCl)CN3C(=O)c1cn2cc(NC(=O)c3ccc(O)cc3)ccc2n1. The number of likely N-dealkylation sites (N-methyl/N-ethyl adjacent to an activating group) is 1. The molecule has 0 fully saturated rings. The van der Waals surface area contributed by atoms with E-state index in [4.69, 9.17) is 42.0 Å². The number of amides is 11. The van der Waals surface area contributed by atoms with Crippen LogP contribution in [-0.2, 0) is 44.8 Å². The number of aromatic hydroxyl groups is 1. The van der Waals surface area contributed by atoms with Gasteiger partial charge in [0.1, 0.15) is 36.1 Å². The maximum Gasteiger partial charge on any atom is 0.415 e. The third-order valence-electron chi connectivity index (χ3n) is 15.8. The van der Waals surface area contributed by atoms with Crippen molar-refractivity contribution < 1.29 is 76.8 Å². The number of nitrogens with one attached hydrogen (secondary N) is 4. The summed E-state index contributed by atoms with van der Waals surface area (Å²) >= 11 is 6.64. The van der Waals surface area contributed by atoms with Crippen LogP contribution in [0.3, 0.4) is 0 Å². The van der Waals surface area contributed by atoms with E-state index < -0.39 is 83.4 Å². The average Bonchev–Trinajstić information content (AvgIpc) is 1.63. The number of alkyl carbamates (subject to hydrolysis) is 1. The molecule has 28 nitrogen and oxygen atoms in total. The Morgan fingerprint density at radius 1 is 0.821 bits per heavy atom. The largest absolute Gasteiger partial charge is 0.508 e. The van der Waals surface area contributed by atoms with Crippen LogP contribution in [0.2, 0.25) is 0 Å². The van der Waals surface area contributed by atoms with Gasteiger partial charge in [-0.3, -0.25) is 38.5 Å². The molecule has 2 aliphatic heterocycles. The number of anilines is 3. The summed E-state index contributed by atoms with van der Waals surface area (Å²) in [6.07, 6.45) is 3.27. The van der Waals surface area contributed by atoms with Crippen LogP contribution >= 0.6 is 11.6 Å². The average molecular weight is 1330 g/mol. The molecule has 3 atom stereocenters. The zero-order chi connectivity index (χ0) is 68.5. The zero-order valence-electron chi connectivity index (χ0n) is 52.8. The molecule has 0 unspecified atom stereocenters. The van der Waals surface area contributed by atoms with Gasteiger partial charge >= 0.3 is 24.3 Å². The van der Waals surface area contributed by atoms with Crippen molar-refractivity contribution in [3.63, 3.8) is 0 Å². The first-order chi connectivity index (χ1) is 45.5. The van der Waals surface area contributed by atoms with Crippen LogP contribution in [-0.4, -0.2) is 173 Å². The predicted octanol–water partition coefficient (Wildman–Crippen LogP) is 6.73. The minimum Gasteiger partial charge on any atom is -0.508 e. The quantitative estimate of drug-likeness (QED) is 0.0135. The molecule has 0 aliphatic carbocycles. The van der Waals surface area contributed by atoms with Gasteiger partial charge in [-0.2, -0.15) is 0 Å². The Morgan fingerprint density at radius 2 is 1.55 bits per heavy atom. The Bertz CT molecular complexity index is 3880. The maximum atomic E-state index is 14.6. The van der Waals surface area contributed by atoms with Gasteiger partial charge in [0, 0.05) is 118 Å². The highest BCUT2D eigenvalue weighted by Crippen LogP contribution is 2.47. The number of ketones is 1. The number of rotatable bonds is 31. The fourth-order valence-electron chi connectivity index (χ4n) is 10.8. The van der Waals surface area contributed by atoms with Crippen molar-refractivity contribution >= 4 is 111 Å². The summed E-state index contributed by atoms with van der Waals surface area (Å²) < 4.78 is 24.0. The van der Waals surface area contributed by atoms with Gasteiger partial charge in [-0.1, -0.05) is 44.2 Å². The third kappa shape index (κ3) is 18.8. The molecule has 8 rings (SSSR count). The number of aromatic nitrogens is 2. The molecule has 9 N–H and O–H groups in total. The molecular formula is C66H75ClN12O16. The lowest BCUT2D eigenvalue weighted by Crippen LogP contribution is -2.46. The van der Waals surface area contributed by atoms with Crippen molar-refractivity contribution in [1.29, 1.82) is 0 Å². The molecule has 4 heterocycles. The number of alkyl halides is 1. The molecule has 0 bridgehead atoms. The van der Waals surface area contributed by atoms with Crippen molar-refractivity contribution in [3.8, 4) is 11.5 Å². The summed E-state index contributed by atoms with van der Waals surface area (Å²) in [5.74, 6) is -4.70. The van der Waals surface area contributed by atoms with Crippen LogP contribution in [0, 0.1) is 18.8 Å². The minimum atomic E-state index is -1.04. The maximum absolute atomic E-state index is 14.6. The van der Waals surface area contributed by atoms with Crippen LogP contribution in [0.4, 0.5) is 36.2 Å². The van der Waals surface area contributed by atoms with Gasteiger partial charge < -0.3 is 75.9 Å². The number of pyridine rings is 1. The summed E-state index contributed by atoms with van der Waals surface area (Å²) in [7, 11) is 1.48. The second kappa shape index (κ2) is 32.8. The number of carbonyl (C=O) groups excluding carboxylic acids is 11. The number of imidazole rings is 1.